The quantitative estimate of drug-likeness (QED) is 0.755. The molecule has 0 aliphatic heterocycles. The molecule has 20 heavy (non-hydrogen) atoms. The van der Waals surface area contributed by atoms with Crippen LogP contribution in [0.25, 0.3) is 0 Å². The Morgan fingerprint density at radius 1 is 1.30 bits per heavy atom. The first kappa shape index (κ1) is 17.1. The lowest BCUT2D eigenvalue weighted by atomic mass is 10.2. The summed E-state index contributed by atoms with van der Waals surface area (Å²) in [6.07, 6.45) is 1.24. The molecule has 0 radical (unpaired) electrons. The van der Waals surface area contributed by atoms with E-state index in [1.54, 1.807) is 12.1 Å². The average molecular weight is 318 g/mol. The fourth-order valence-corrected chi connectivity index (χ4v) is 2.49. The number of rotatable bonds is 7. The number of benzene rings is 1. The molecule has 112 valence electrons. The highest BCUT2D eigenvalue weighted by Gasteiger charge is 2.11. The molecule has 1 rings (SSSR count). The second-order valence-electron chi connectivity index (χ2n) is 4.53. The number of nitrogens with two attached hydrogens (primary N) is 1. The fourth-order valence-electron chi connectivity index (χ4n) is 1.93. The van der Waals surface area contributed by atoms with E-state index in [2.05, 4.69) is 24.1 Å². The summed E-state index contributed by atoms with van der Waals surface area (Å²) in [6, 6.07) is 3.13. The lowest BCUT2D eigenvalue weighted by Crippen LogP contribution is -2.25. The van der Waals surface area contributed by atoms with Crippen molar-refractivity contribution in [3.63, 3.8) is 0 Å². The molecule has 0 bridgehead atoms. The molecular weight excluding hydrogens is 297 g/mol. The number of hydrogen-bond donors (Lipinski definition) is 2. The monoisotopic (exact) mass is 317 g/mol. The Balaban J connectivity index is 2.51. The summed E-state index contributed by atoms with van der Waals surface area (Å²) >= 11 is 11.8. The molecule has 0 spiro atoms. The minimum Gasteiger partial charge on any atom is -0.397 e. The molecule has 0 unspecified atom stereocenters. The van der Waals surface area contributed by atoms with Crippen LogP contribution in [0.3, 0.4) is 0 Å². The zero-order valence-corrected chi connectivity index (χ0v) is 13.4. The number of nitrogens with zero attached hydrogens (tertiary/aromatic N) is 1. The van der Waals surface area contributed by atoms with Gasteiger partial charge in [-0.25, -0.2) is 0 Å². The van der Waals surface area contributed by atoms with Crippen LogP contribution in [0.4, 0.5) is 11.4 Å². The summed E-state index contributed by atoms with van der Waals surface area (Å²) in [4.78, 5) is 14.2. The van der Waals surface area contributed by atoms with Crippen molar-refractivity contribution in [1.29, 1.82) is 0 Å². The van der Waals surface area contributed by atoms with E-state index in [1.807, 2.05) is 0 Å². The Morgan fingerprint density at radius 3 is 2.50 bits per heavy atom. The lowest BCUT2D eigenvalue weighted by Gasteiger charge is -2.17. The average Bonchev–Trinajstić information content (AvgIpc) is 2.39. The van der Waals surface area contributed by atoms with Crippen LogP contribution >= 0.6 is 23.2 Å². The van der Waals surface area contributed by atoms with Crippen molar-refractivity contribution in [2.75, 3.05) is 30.7 Å². The van der Waals surface area contributed by atoms with Gasteiger partial charge in [0.25, 0.3) is 0 Å². The van der Waals surface area contributed by atoms with Crippen molar-refractivity contribution in [1.82, 2.24) is 4.90 Å². The Labute approximate surface area is 130 Å². The molecule has 0 aromatic heterocycles. The third kappa shape index (κ3) is 5.19. The molecule has 1 aromatic carbocycles. The lowest BCUT2D eigenvalue weighted by molar-refractivity contribution is -0.116. The van der Waals surface area contributed by atoms with Crippen LogP contribution in [0.1, 0.15) is 26.7 Å². The van der Waals surface area contributed by atoms with E-state index in [0.29, 0.717) is 27.8 Å². The number of halogens is 2. The molecule has 3 N–H and O–H groups in total. The molecule has 4 nitrogen and oxygen atoms in total. The van der Waals surface area contributed by atoms with E-state index in [0.717, 1.165) is 26.1 Å². The van der Waals surface area contributed by atoms with Crippen LogP contribution < -0.4 is 11.1 Å². The Hall–Kier alpha value is -0.970. The Morgan fingerprint density at radius 2 is 1.95 bits per heavy atom. The van der Waals surface area contributed by atoms with Gasteiger partial charge >= 0.3 is 0 Å². The van der Waals surface area contributed by atoms with Gasteiger partial charge in [0.15, 0.2) is 0 Å². The Bertz CT molecular complexity index is 439. The molecule has 0 saturated carbocycles. The molecule has 0 aliphatic carbocycles. The van der Waals surface area contributed by atoms with Gasteiger partial charge in [-0.3, -0.25) is 4.79 Å². The summed E-state index contributed by atoms with van der Waals surface area (Å²) in [6.45, 7) is 7.11. The SMILES string of the molecule is CCN(CC)CCCC(=O)Nc1c(N)cc(Cl)cc1Cl. The van der Waals surface area contributed by atoms with Crippen LogP contribution in [-0.4, -0.2) is 30.4 Å². The largest absolute Gasteiger partial charge is 0.397 e. The summed E-state index contributed by atoms with van der Waals surface area (Å²) in [5.74, 6) is -0.0897. The van der Waals surface area contributed by atoms with Crippen molar-refractivity contribution in [3.05, 3.63) is 22.2 Å². The number of carbonyl (C=O) groups excluding carboxylic acids is 1. The molecule has 0 fully saturated rings. The van der Waals surface area contributed by atoms with Gasteiger partial charge in [-0.1, -0.05) is 37.0 Å². The number of carbonyl (C=O) groups is 1. The number of hydrogen-bond acceptors (Lipinski definition) is 3. The van der Waals surface area contributed by atoms with Gasteiger partial charge in [0.2, 0.25) is 5.91 Å². The molecule has 0 heterocycles. The van der Waals surface area contributed by atoms with E-state index >= 15 is 0 Å². The first-order valence-electron chi connectivity index (χ1n) is 6.74. The smallest absolute Gasteiger partial charge is 0.224 e. The second kappa shape index (κ2) is 8.35. The normalized spacial score (nSPS) is 10.8. The minimum atomic E-state index is -0.0897. The van der Waals surface area contributed by atoms with Crippen LogP contribution in [0.2, 0.25) is 10.0 Å². The predicted octanol–water partition coefficient (Wildman–Crippen LogP) is 3.64. The highest BCUT2D eigenvalue weighted by atomic mass is 35.5. The van der Waals surface area contributed by atoms with Crippen LogP contribution in [-0.2, 0) is 4.79 Å². The highest BCUT2D eigenvalue weighted by Crippen LogP contribution is 2.32. The maximum absolute atomic E-state index is 11.9. The maximum Gasteiger partial charge on any atom is 0.224 e. The van der Waals surface area contributed by atoms with Crippen LogP contribution in [0.15, 0.2) is 12.1 Å². The molecule has 1 aromatic rings. The van der Waals surface area contributed by atoms with E-state index < -0.39 is 0 Å². The van der Waals surface area contributed by atoms with Crippen LogP contribution in [0, 0.1) is 0 Å². The minimum absolute atomic E-state index is 0.0897. The van der Waals surface area contributed by atoms with Gasteiger partial charge in [-0.15, -0.1) is 0 Å². The predicted molar refractivity (Wildman–Crippen MR) is 86.5 cm³/mol. The third-order valence-electron chi connectivity index (χ3n) is 3.12. The fraction of sp³-hybridized carbons (Fsp3) is 0.500. The summed E-state index contributed by atoms with van der Waals surface area (Å²) in [5, 5.41) is 3.55. The van der Waals surface area contributed by atoms with E-state index in [4.69, 9.17) is 28.9 Å². The maximum atomic E-state index is 11.9. The van der Waals surface area contributed by atoms with Crippen molar-refractivity contribution in [2.45, 2.75) is 26.7 Å². The number of anilines is 2. The van der Waals surface area contributed by atoms with Crippen molar-refractivity contribution >= 4 is 40.5 Å². The number of nitrogen functional groups attached to an aromatic ring is 1. The standard InChI is InChI=1S/C14H21Cl2N3O/c1-3-19(4-2)7-5-6-13(20)18-14-11(16)8-10(15)9-12(14)17/h8-9H,3-7,17H2,1-2H3,(H,18,20). The van der Waals surface area contributed by atoms with E-state index in [9.17, 15) is 4.79 Å². The van der Waals surface area contributed by atoms with Crippen molar-refractivity contribution in [3.8, 4) is 0 Å². The number of amides is 1. The first-order valence-corrected chi connectivity index (χ1v) is 7.50. The topological polar surface area (TPSA) is 58.4 Å². The molecule has 0 saturated heterocycles. The third-order valence-corrected chi connectivity index (χ3v) is 3.64. The van der Waals surface area contributed by atoms with Gasteiger partial charge < -0.3 is 16.0 Å². The summed E-state index contributed by atoms with van der Waals surface area (Å²) < 4.78 is 0. The van der Waals surface area contributed by atoms with Crippen molar-refractivity contribution < 1.29 is 4.79 Å². The summed E-state index contributed by atoms with van der Waals surface area (Å²) in [5.41, 5.74) is 6.61. The molecule has 1 amide bonds. The second-order valence-corrected chi connectivity index (χ2v) is 5.37. The van der Waals surface area contributed by atoms with Crippen LogP contribution in [0.5, 0.6) is 0 Å². The van der Waals surface area contributed by atoms with Gasteiger partial charge in [0, 0.05) is 11.4 Å². The first-order chi connectivity index (χ1) is 9.47. The Kier molecular flexibility index (Phi) is 7.13. The molecule has 0 atom stereocenters. The molecule has 0 aliphatic rings. The summed E-state index contributed by atoms with van der Waals surface area (Å²) in [7, 11) is 0. The number of nitrogens with one attached hydrogen (secondary N) is 1. The zero-order valence-electron chi connectivity index (χ0n) is 11.9. The van der Waals surface area contributed by atoms with E-state index in [1.165, 1.54) is 0 Å². The van der Waals surface area contributed by atoms with Gasteiger partial charge in [-0.05, 0) is 38.2 Å². The van der Waals surface area contributed by atoms with Gasteiger partial charge in [-0.2, -0.15) is 0 Å². The van der Waals surface area contributed by atoms with Crippen molar-refractivity contribution in [2.24, 2.45) is 0 Å². The molecule has 6 heteroatoms. The molecular formula is C14H21Cl2N3O. The van der Waals surface area contributed by atoms with Gasteiger partial charge in [0.1, 0.15) is 0 Å². The zero-order chi connectivity index (χ0) is 15.1. The highest BCUT2D eigenvalue weighted by molar-refractivity contribution is 6.37. The van der Waals surface area contributed by atoms with Gasteiger partial charge in [0.05, 0.1) is 16.4 Å². The van der Waals surface area contributed by atoms with E-state index in [-0.39, 0.29) is 5.91 Å².